The van der Waals surface area contributed by atoms with Crippen LogP contribution in [-0.2, 0) is 4.79 Å². The minimum atomic E-state index is 0.0835. The lowest BCUT2D eigenvalue weighted by atomic mass is 10.4. The van der Waals surface area contributed by atoms with E-state index in [0.29, 0.717) is 12.4 Å². The molecule has 0 aliphatic heterocycles. The van der Waals surface area contributed by atoms with Gasteiger partial charge in [-0.15, -0.1) is 0 Å². The summed E-state index contributed by atoms with van der Waals surface area (Å²) in [6.45, 7) is 1.83. The highest BCUT2D eigenvalue weighted by Crippen LogP contribution is 1.70. The first-order valence-electron chi connectivity index (χ1n) is 3.03. The van der Waals surface area contributed by atoms with E-state index in [1.807, 2.05) is 0 Å². The summed E-state index contributed by atoms with van der Waals surface area (Å²) in [6.07, 6.45) is 1.56. The molecule has 0 aliphatic carbocycles. The molecule has 4 nitrogen and oxygen atoms in total. The van der Waals surface area contributed by atoms with Gasteiger partial charge in [0.2, 0.25) is 0 Å². The Morgan fingerprint density at radius 1 is 1.70 bits per heavy atom. The average Bonchev–Trinajstić information content (AvgIpc) is 1.87. The smallest absolute Gasteiger partial charge is 0.148 e. The second-order valence-electron chi connectivity index (χ2n) is 1.93. The second-order valence-corrected chi connectivity index (χ2v) is 1.93. The summed E-state index contributed by atoms with van der Waals surface area (Å²) in [5.74, 6) is 0.599. The van der Waals surface area contributed by atoms with Crippen molar-refractivity contribution in [1.82, 2.24) is 10.6 Å². The molecule has 4 N–H and O–H groups in total. The van der Waals surface area contributed by atoms with Crippen molar-refractivity contribution >= 4 is 5.78 Å². The zero-order valence-electron chi connectivity index (χ0n) is 6.27. The van der Waals surface area contributed by atoms with Crippen molar-refractivity contribution in [2.75, 3.05) is 13.6 Å². The number of ketones is 1. The lowest BCUT2D eigenvalue weighted by Gasteiger charge is -1.99. The highest BCUT2D eigenvalue weighted by molar-refractivity contribution is 5.77. The molecule has 0 rings (SSSR count). The lowest BCUT2D eigenvalue weighted by Crippen LogP contribution is -2.21. The van der Waals surface area contributed by atoms with Crippen molar-refractivity contribution in [3.63, 3.8) is 0 Å². The van der Waals surface area contributed by atoms with Crippen LogP contribution >= 0.6 is 0 Å². The third-order valence-electron chi connectivity index (χ3n) is 0.897. The van der Waals surface area contributed by atoms with Crippen LogP contribution in [0, 0.1) is 0 Å². The summed E-state index contributed by atoms with van der Waals surface area (Å²) in [5.41, 5.74) is 5.34. The molecule has 0 spiro atoms. The molecule has 0 saturated carbocycles. The van der Waals surface area contributed by atoms with E-state index in [1.165, 1.54) is 6.92 Å². The minimum Gasteiger partial charge on any atom is -0.384 e. The Labute approximate surface area is 60.5 Å². The molecule has 58 valence electrons. The fourth-order valence-electron chi connectivity index (χ4n) is 0.377. The molecule has 4 heteroatoms. The Morgan fingerprint density at radius 3 is 2.70 bits per heavy atom. The van der Waals surface area contributed by atoms with Gasteiger partial charge in [0.05, 0.1) is 6.54 Å². The fraction of sp³-hybridized carbons (Fsp3) is 0.500. The van der Waals surface area contributed by atoms with Gasteiger partial charge >= 0.3 is 0 Å². The van der Waals surface area contributed by atoms with Crippen molar-refractivity contribution in [2.45, 2.75) is 6.92 Å². The van der Waals surface area contributed by atoms with Crippen LogP contribution in [0.4, 0.5) is 0 Å². The molecule has 0 fully saturated rings. The zero-order chi connectivity index (χ0) is 7.98. The SMILES string of the molecule is CN/C(N)=C/NCC(C)=O. The molecule has 0 aliphatic rings. The van der Waals surface area contributed by atoms with Gasteiger partial charge in [-0.05, 0) is 6.92 Å². The van der Waals surface area contributed by atoms with Crippen LogP contribution in [0.3, 0.4) is 0 Å². The lowest BCUT2D eigenvalue weighted by molar-refractivity contribution is -0.116. The van der Waals surface area contributed by atoms with Gasteiger partial charge in [-0.25, -0.2) is 0 Å². The Bertz CT molecular complexity index is 142. The van der Waals surface area contributed by atoms with Crippen molar-refractivity contribution < 1.29 is 4.79 Å². The number of nitrogens with one attached hydrogen (secondary N) is 2. The molecule has 0 atom stereocenters. The number of Topliss-reactive ketones (excluding diaryl/α,β-unsaturated/α-hetero) is 1. The van der Waals surface area contributed by atoms with Gasteiger partial charge < -0.3 is 16.4 Å². The van der Waals surface area contributed by atoms with Gasteiger partial charge in [-0.2, -0.15) is 0 Å². The Morgan fingerprint density at radius 2 is 2.30 bits per heavy atom. The first-order chi connectivity index (χ1) is 4.66. The molecule has 0 radical (unpaired) electrons. The predicted molar refractivity (Wildman–Crippen MR) is 40.0 cm³/mol. The second kappa shape index (κ2) is 4.67. The highest BCUT2D eigenvalue weighted by atomic mass is 16.1. The van der Waals surface area contributed by atoms with E-state index in [0.717, 1.165) is 0 Å². The summed E-state index contributed by atoms with van der Waals surface area (Å²) >= 11 is 0. The molecular formula is C6H13N3O. The number of carbonyl (C=O) groups excluding carboxylic acids is 1. The number of rotatable bonds is 4. The van der Waals surface area contributed by atoms with Gasteiger partial charge in [-0.3, -0.25) is 4.79 Å². The maximum atomic E-state index is 10.4. The monoisotopic (exact) mass is 143 g/mol. The van der Waals surface area contributed by atoms with Crippen LogP contribution in [0.1, 0.15) is 6.92 Å². The van der Waals surface area contributed by atoms with E-state index in [-0.39, 0.29) is 5.78 Å². The van der Waals surface area contributed by atoms with Crippen molar-refractivity contribution in [1.29, 1.82) is 0 Å². The number of nitrogens with two attached hydrogens (primary N) is 1. The van der Waals surface area contributed by atoms with E-state index in [2.05, 4.69) is 10.6 Å². The molecule has 0 heterocycles. The van der Waals surface area contributed by atoms with Crippen molar-refractivity contribution in [3.8, 4) is 0 Å². The molecule has 0 aromatic carbocycles. The Kier molecular flexibility index (Phi) is 4.11. The summed E-state index contributed by atoms with van der Waals surface area (Å²) in [6, 6.07) is 0. The molecule has 0 bridgehead atoms. The van der Waals surface area contributed by atoms with E-state index >= 15 is 0 Å². The topological polar surface area (TPSA) is 67.2 Å². The molecular weight excluding hydrogens is 130 g/mol. The maximum Gasteiger partial charge on any atom is 0.148 e. The van der Waals surface area contributed by atoms with Gasteiger partial charge in [0.1, 0.15) is 11.6 Å². The third-order valence-corrected chi connectivity index (χ3v) is 0.897. The van der Waals surface area contributed by atoms with Gasteiger partial charge in [0.25, 0.3) is 0 Å². The number of carbonyl (C=O) groups is 1. The quantitative estimate of drug-likeness (QED) is 0.479. The molecule has 0 unspecified atom stereocenters. The summed E-state index contributed by atoms with van der Waals surface area (Å²) in [7, 11) is 1.71. The number of hydrogen-bond donors (Lipinski definition) is 3. The fourth-order valence-corrected chi connectivity index (χ4v) is 0.377. The zero-order valence-corrected chi connectivity index (χ0v) is 6.27. The summed E-state index contributed by atoms with van der Waals surface area (Å²) < 4.78 is 0. The standard InChI is InChI=1S/C6H13N3O/c1-5(10)3-9-4-6(7)8-2/h4,8-9H,3,7H2,1-2H3/b6-4+. The van der Waals surface area contributed by atoms with E-state index in [9.17, 15) is 4.79 Å². The van der Waals surface area contributed by atoms with Gasteiger partial charge in [-0.1, -0.05) is 0 Å². The molecule has 0 amide bonds. The van der Waals surface area contributed by atoms with E-state index in [4.69, 9.17) is 5.73 Å². The summed E-state index contributed by atoms with van der Waals surface area (Å²) in [4.78, 5) is 10.4. The molecule has 0 aromatic heterocycles. The average molecular weight is 143 g/mol. The summed E-state index contributed by atoms with van der Waals surface area (Å²) in [5, 5.41) is 5.44. The Balaban J connectivity index is 3.43. The third kappa shape index (κ3) is 4.96. The first-order valence-corrected chi connectivity index (χ1v) is 3.03. The first kappa shape index (κ1) is 8.81. The van der Waals surface area contributed by atoms with Crippen LogP contribution in [0.25, 0.3) is 0 Å². The van der Waals surface area contributed by atoms with E-state index < -0.39 is 0 Å². The van der Waals surface area contributed by atoms with Crippen LogP contribution < -0.4 is 16.4 Å². The van der Waals surface area contributed by atoms with Gasteiger partial charge in [0.15, 0.2) is 0 Å². The molecule has 0 saturated heterocycles. The normalized spacial score (nSPS) is 10.8. The predicted octanol–water partition coefficient (Wildman–Crippen LogP) is -0.858. The van der Waals surface area contributed by atoms with E-state index in [1.54, 1.807) is 13.2 Å². The van der Waals surface area contributed by atoms with Crippen LogP contribution in [0.15, 0.2) is 12.0 Å². The van der Waals surface area contributed by atoms with Crippen molar-refractivity contribution in [2.24, 2.45) is 5.73 Å². The van der Waals surface area contributed by atoms with Gasteiger partial charge in [0, 0.05) is 13.2 Å². The Hall–Kier alpha value is -1.19. The van der Waals surface area contributed by atoms with Crippen molar-refractivity contribution in [3.05, 3.63) is 12.0 Å². The number of hydrogen-bond acceptors (Lipinski definition) is 4. The van der Waals surface area contributed by atoms with Crippen LogP contribution in [0.5, 0.6) is 0 Å². The van der Waals surface area contributed by atoms with Crippen LogP contribution in [-0.4, -0.2) is 19.4 Å². The molecule has 0 aromatic rings. The minimum absolute atomic E-state index is 0.0835. The molecule has 10 heavy (non-hydrogen) atoms. The maximum absolute atomic E-state index is 10.4. The highest BCUT2D eigenvalue weighted by Gasteiger charge is 1.87. The largest absolute Gasteiger partial charge is 0.384 e. The van der Waals surface area contributed by atoms with Crippen LogP contribution in [0.2, 0.25) is 0 Å².